The maximum absolute atomic E-state index is 13.4. The average Bonchev–Trinajstić information content (AvgIpc) is 3.35. The van der Waals surface area contributed by atoms with Crippen LogP contribution in [0.5, 0.6) is 0 Å². The molecule has 1 aliphatic rings. The number of rotatable bonds is 5. The highest BCUT2D eigenvalue weighted by Gasteiger charge is 2.36. The van der Waals surface area contributed by atoms with E-state index in [-0.39, 0.29) is 11.8 Å². The Balaban J connectivity index is 1.63. The molecule has 4 aromatic rings. The number of allylic oxidation sites excluding steroid dienone is 1. The van der Waals surface area contributed by atoms with E-state index in [0.29, 0.717) is 28.5 Å². The zero-order valence-corrected chi connectivity index (χ0v) is 19.7. The molecule has 0 radical (unpaired) electrons. The first kappa shape index (κ1) is 22.5. The summed E-state index contributed by atoms with van der Waals surface area (Å²) >= 11 is 0. The Morgan fingerprint density at radius 2 is 1.66 bits per heavy atom. The minimum absolute atomic E-state index is 0.238. The third-order valence-corrected chi connectivity index (χ3v) is 6.26. The standard InChI is InChI=1S/C28H25FN4O2/c1-4-19-7-9-20(10-8-19)25-24(27-31-26(32-35-27)21-11-13-22(29)14-12-21)18(3)33(28(34)30-25)23-15-5-17(2)6-16-23/h5-16,25H,4H2,1-3H3,(H,30,34). The van der Waals surface area contributed by atoms with Gasteiger partial charge in [-0.1, -0.05) is 54.0 Å². The van der Waals surface area contributed by atoms with Gasteiger partial charge in [0.1, 0.15) is 5.82 Å². The molecule has 7 heteroatoms. The second-order valence-electron chi connectivity index (χ2n) is 8.58. The van der Waals surface area contributed by atoms with Crippen LogP contribution >= 0.6 is 0 Å². The van der Waals surface area contributed by atoms with Gasteiger partial charge in [-0.2, -0.15) is 4.98 Å². The van der Waals surface area contributed by atoms with Crippen LogP contribution in [-0.2, 0) is 6.42 Å². The van der Waals surface area contributed by atoms with Crippen molar-refractivity contribution in [3.8, 4) is 11.4 Å². The van der Waals surface area contributed by atoms with Gasteiger partial charge in [-0.3, -0.25) is 4.90 Å². The van der Waals surface area contributed by atoms with Crippen molar-refractivity contribution in [1.82, 2.24) is 15.5 Å². The maximum atomic E-state index is 13.4. The van der Waals surface area contributed by atoms with Crippen LogP contribution in [0.3, 0.4) is 0 Å². The number of anilines is 1. The van der Waals surface area contributed by atoms with Crippen molar-refractivity contribution < 1.29 is 13.7 Å². The Bertz CT molecular complexity index is 1390. The first-order valence-electron chi connectivity index (χ1n) is 11.5. The summed E-state index contributed by atoms with van der Waals surface area (Å²) in [4.78, 5) is 19.6. The predicted molar refractivity (Wildman–Crippen MR) is 133 cm³/mol. The van der Waals surface area contributed by atoms with Gasteiger partial charge in [0.25, 0.3) is 5.89 Å². The van der Waals surface area contributed by atoms with Gasteiger partial charge in [0.2, 0.25) is 5.82 Å². The van der Waals surface area contributed by atoms with E-state index in [1.807, 2.05) is 50.2 Å². The Labute approximate surface area is 203 Å². The van der Waals surface area contributed by atoms with Crippen molar-refractivity contribution in [2.45, 2.75) is 33.2 Å². The summed E-state index contributed by atoms with van der Waals surface area (Å²) in [6, 6.07) is 21.1. The van der Waals surface area contributed by atoms with Crippen LogP contribution in [0.15, 0.2) is 83.0 Å². The van der Waals surface area contributed by atoms with Crippen LogP contribution < -0.4 is 10.2 Å². The Morgan fingerprint density at radius 1 is 0.971 bits per heavy atom. The lowest BCUT2D eigenvalue weighted by Crippen LogP contribution is -2.46. The van der Waals surface area contributed by atoms with Crippen molar-refractivity contribution in [3.05, 3.63) is 107 Å². The van der Waals surface area contributed by atoms with E-state index >= 15 is 0 Å². The lowest BCUT2D eigenvalue weighted by atomic mass is 9.93. The number of hydrogen-bond acceptors (Lipinski definition) is 4. The molecule has 2 heterocycles. The fraction of sp³-hybridized carbons (Fsp3) is 0.179. The minimum atomic E-state index is -0.475. The lowest BCUT2D eigenvalue weighted by molar-refractivity contribution is 0.244. The molecule has 3 aromatic carbocycles. The third kappa shape index (κ3) is 4.33. The van der Waals surface area contributed by atoms with Crippen molar-refractivity contribution in [2.24, 2.45) is 0 Å². The summed E-state index contributed by atoms with van der Waals surface area (Å²) in [5.41, 5.74) is 5.99. The Morgan fingerprint density at radius 3 is 2.31 bits per heavy atom. The summed E-state index contributed by atoms with van der Waals surface area (Å²) < 4.78 is 19.1. The van der Waals surface area contributed by atoms with Gasteiger partial charge in [-0.25, -0.2) is 9.18 Å². The molecule has 0 spiro atoms. The van der Waals surface area contributed by atoms with Crippen molar-refractivity contribution in [1.29, 1.82) is 0 Å². The number of carbonyl (C=O) groups excluding carboxylic acids is 1. The van der Waals surface area contributed by atoms with E-state index in [0.717, 1.165) is 23.2 Å². The van der Waals surface area contributed by atoms with Crippen LogP contribution in [0, 0.1) is 12.7 Å². The third-order valence-electron chi connectivity index (χ3n) is 6.26. The van der Waals surface area contributed by atoms with E-state index < -0.39 is 6.04 Å². The van der Waals surface area contributed by atoms with Gasteiger partial charge in [0, 0.05) is 11.3 Å². The summed E-state index contributed by atoms with van der Waals surface area (Å²) in [5.74, 6) is 0.304. The first-order chi connectivity index (χ1) is 16.9. The second kappa shape index (κ2) is 9.18. The molecule has 1 N–H and O–H groups in total. The van der Waals surface area contributed by atoms with E-state index in [2.05, 4.69) is 34.5 Å². The van der Waals surface area contributed by atoms with E-state index in [4.69, 9.17) is 4.52 Å². The minimum Gasteiger partial charge on any atom is -0.334 e. The number of aromatic nitrogens is 2. The smallest absolute Gasteiger partial charge is 0.326 e. The van der Waals surface area contributed by atoms with Crippen LogP contribution in [0.25, 0.3) is 17.0 Å². The zero-order valence-electron chi connectivity index (χ0n) is 19.7. The van der Waals surface area contributed by atoms with Gasteiger partial charge < -0.3 is 9.84 Å². The molecule has 0 bridgehead atoms. The lowest BCUT2D eigenvalue weighted by Gasteiger charge is -2.35. The summed E-state index contributed by atoms with van der Waals surface area (Å²) in [7, 11) is 0. The number of benzene rings is 3. The summed E-state index contributed by atoms with van der Waals surface area (Å²) in [5, 5.41) is 7.26. The number of urea groups is 1. The molecule has 176 valence electrons. The quantitative estimate of drug-likeness (QED) is 0.365. The summed E-state index contributed by atoms with van der Waals surface area (Å²) in [6.45, 7) is 5.98. The molecular weight excluding hydrogens is 443 g/mol. The predicted octanol–water partition coefficient (Wildman–Crippen LogP) is 6.45. The number of carbonyl (C=O) groups is 1. The highest BCUT2D eigenvalue weighted by atomic mass is 19.1. The normalized spacial score (nSPS) is 15.9. The Hall–Kier alpha value is -4.26. The highest BCUT2D eigenvalue weighted by molar-refractivity contribution is 6.01. The van der Waals surface area contributed by atoms with E-state index in [1.54, 1.807) is 17.0 Å². The van der Waals surface area contributed by atoms with Crippen LogP contribution in [0.1, 0.15) is 42.5 Å². The largest absolute Gasteiger partial charge is 0.334 e. The maximum Gasteiger partial charge on any atom is 0.326 e. The molecule has 0 saturated heterocycles. The Kier molecular flexibility index (Phi) is 5.91. The van der Waals surface area contributed by atoms with Crippen molar-refractivity contribution >= 4 is 17.3 Å². The molecule has 2 amide bonds. The topological polar surface area (TPSA) is 71.3 Å². The van der Waals surface area contributed by atoms with Gasteiger partial charge in [0.05, 0.1) is 17.3 Å². The van der Waals surface area contributed by atoms with Crippen molar-refractivity contribution in [3.63, 3.8) is 0 Å². The fourth-order valence-corrected chi connectivity index (χ4v) is 4.27. The number of halogens is 1. The van der Waals surface area contributed by atoms with Crippen LogP contribution in [0.2, 0.25) is 0 Å². The molecule has 6 nitrogen and oxygen atoms in total. The molecule has 0 saturated carbocycles. The molecule has 35 heavy (non-hydrogen) atoms. The zero-order chi connectivity index (χ0) is 24.5. The first-order valence-corrected chi connectivity index (χ1v) is 11.5. The molecule has 0 aliphatic carbocycles. The molecule has 1 aromatic heterocycles. The monoisotopic (exact) mass is 468 g/mol. The number of nitrogens with zero attached hydrogens (tertiary/aromatic N) is 3. The molecular formula is C28H25FN4O2. The van der Waals surface area contributed by atoms with E-state index in [1.165, 1.54) is 17.7 Å². The molecule has 1 aliphatic heterocycles. The molecule has 5 rings (SSSR count). The van der Waals surface area contributed by atoms with Gasteiger partial charge in [-0.15, -0.1) is 0 Å². The van der Waals surface area contributed by atoms with Gasteiger partial charge >= 0.3 is 6.03 Å². The summed E-state index contributed by atoms with van der Waals surface area (Å²) in [6.07, 6.45) is 0.922. The molecule has 0 fully saturated rings. The molecule has 1 atom stereocenters. The molecule has 1 unspecified atom stereocenters. The number of amides is 2. The van der Waals surface area contributed by atoms with Gasteiger partial charge in [0.15, 0.2) is 0 Å². The van der Waals surface area contributed by atoms with Crippen LogP contribution in [-0.4, -0.2) is 16.2 Å². The van der Waals surface area contributed by atoms with E-state index in [9.17, 15) is 9.18 Å². The number of aryl methyl sites for hydroxylation is 2. The SMILES string of the molecule is CCc1ccc(C2NC(=O)N(c3ccc(C)cc3)C(C)=C2c2nc(-c3ccc(F)cc3)no2)cc1. The second-order valence-corrected chi connectivity index (χ2v) is 8.58. The van der Waals surface area contributed by atoms with Gasteiger partial charge in [-0.05, 0) is 67.8 Å². The number of nitrogens with one attached hydrogen (secondary N) is 1. The van der Waals surface area contributed by atoms with Crippen molar-refractivity contribution in [2.75, 3.05) is 4.90 Å². The highest BCUT2D eigenvalue weighted by Crippen LogP contribution is 2.39. The fourth-order valence-electron chi connectivity index (χ4n) is 4.27. The average molecular weight is 469 g/mol. The van der Waals surface area contributed by atoms with Crippen LogP contribution in [0.4, 0.5) is 14.9 Å². The number of hydrogen-bond donors (Lipinski definition) is 1.